The predicted molar refractivity (Wildman–Crippen MR) is 99.7 cm³/mol. The van der Waals surface area contributed by atoms with E-state index in [-0.39, 0.29) is 0 Å². The van der Waals surface area contributed by atoms with Crippen LogP contribution in [0.25, 0.3) is 0 Å². The van der Waals surface area contributed by atoms with Crippen molar-refractivity contribution in [2.45, 2.75) is 32.2 Å². The summed E-state index contributed by atoms with van der Waals surface area (Å²) in [5, 5.41) is 0. The van der Waals surface area contributed by atoms with Crippen molar-refractivity contribution in [3.05, 3.63) is 47.7 Å². The summed E-state index contributed by atoms with van der Waals surface area (Å²) in [7, 11) is 1.69. The first-order valence-corrected chi connectivity index (χ1v) is 9.41. The highest BCUT2D eigenvalue weighted by molar-refractivity contribution is 5.48. The van der Waals surface area contributed by atoms with Gasteiger partial charge in [0.25, 0.3) is 0 Å². The van der Waals surface area contributed by atoms with Crippen LogP contribution in [0, 0.1) is 5.92 Å². The van der Waals surface area contributed by atoms with Crippen LogP contribution in [0.3, 0.4) is 0 Å². The molecule has 2 aliphatic rings. The van der Waals surface area contributed by atoms with Crippen molar-refractivity contribution in [2.75, 3.05) is 27.0 Å². The number of aryl methyl sites for hydroxylation is 1. The standard InChI is InChI=1S/C21H26N2O3/c1-24-21-18(5-3-11-22-21)14-23-12-9-16(10-13-23)7-8-17-4-2-6-19-20(17)26-15-25-19/h2-6,11,16H,7-10,12-15H2,1H3. The van der Waals surface area contributed by atoms with E-state index in [4.69, 9.17) is 14.2 Å². The highest BCUT2D eigenvalue weighted by atomic mass is 16.7. The number of piperidine rings is 1. The van der Waals surface area contributed by atoms with Gasteiger partial charge in [-0.1, -0.05) is 18.2 Å². The molecular formula is C21H26N2O3. The Balaban J connectivity index is 1.27. The molecule has 2 aromatic rings. The quantitative estimate of drug-likeness (QED) is 0.792. The molecular weight excluding hydrogens is 328 g/mol. The lowest BCUT2D eigenvalue weighted by Crippen LogP contribution is -2.33. The number of ether oxygens (including phenoxy) is 3. The van der Waals surface area contributed by atoms with Gasteiger partial charge < -0.3 is 14.2 Å². The second-order valence-electron chi connectivity index (χ2n) is 7.08. The summed E-state index contributed by atoms with van der Waals surface area (Å²) >= 11 is 0. The number of aromatic nitrogens is 1. The third kappa shape index (κ3) is 3.78. The van der Waals surface area contributed by atoms with Crippen LogP contribution in [0.2, 0.25) is 0 Å². The van der Waals surface area contributed by atoms with Crippen LogP contribution in [0.4, 0.5) is 0 Å². The zero-order chi connectivity index (χ0) is 17.8. The van der Waals surface area contributed by atoms with Crippen LogP contribution in [0.15, 0.2) is 36.5 Å². The maximum Gasteiger partial charge on any atom is 0.231 e. The van der Waals surface area contributed by atoms with E-state index in [9.17, 15) is 0 Å². The molecule has 0 radical (unpaired) electrons. The highest BCUT2D eigenvalue weighted by Crippen LogP contribution is 2.37. The van der Waals surface area contributed by atoms with Gasteiger partial charge in [-0.2, -0.15) is 0 Å². The van der Waals surface area contributed by atoms with Crippen molar-refractivity contribution in [2.24, 2.45) is 5.92 Å². The highest BCUT2D eigenvalue weighted by Gasteiger charge is 2.22. The molecule has 1 saturated heterocycles. The van der Waals surface area contributed by atoms with Crippen LogP contribution in [0.1, 0.15) is 30.4 Å². The molecule has 0 bridgehead atoms. The minimum atomic E-state index is 0.350. The summed E-state index contributed by atoms with van der Waals surface area (Å²) < 4.78 is 16.5. The van der Waals surface area contributed by atoms with E-state index < -0.39 is 0 Å². The van der Waals surface area contributed by atoms with Crippen molar-refractivity contribution < 1.29 is 14.2 Å². The fourth-order valence-corrected chi connectivity index (χ4v) is 3.95. The van der Waals surface area contributed by atoms with E-state index in [1.165, 1.54) is 30.4 Å². The molecule has 4 rings (SSSR count). The molecule has 138 valence electrons. The number of para-hydroxylation sites is 1. The van der Waals surface area contributed by atoms with Gasteiger partial charge in [-0.05, 0) is 62.4 Å². The Morgan fingerprint density at radius 3 is 2.81 bits per heavy atom. The lowest BCUT2D eigenvalue weighted by molar-refractivity contribution is 0.168. The Morgan fingerprint density at radius 1 is 1.12 bits per heavy atom. The Bertz CT molecular complexity index is 742. The van der Waals surface area contributed by atoms with Crippen LogP contribution in [0.5, 0.6) is 17.4 Å². The predicted octanol–water partition coefficient (Wildman–Crippen LogP) is 3.66. The van der Waals surface area contributed by atoms with Crippen molar-refractivity contribution in [1.29, 1.82) is 0 Å². The lowest BCUT2D eigenvalue weighted by atomic mass is 9.90. The second-order valence-corrected chi connectivity index (χ2v) is 7.08. The Morgan fingerprint density at radius 2 is 1.96 bits per heavy atom. The van der Waals surface area contributed by atoms with Crippen molar-refractivity contribution >= 4 is 0 Å². The Kier molecular flexibility index (Phi) is 5.25. The average molecular weight is 354 g/mol. The summed E-state index contributed by atoms with van der Waals surface area (Å²) in [4.78, 5) is 6.81. The van der Waals surface area contributed by atoms with E-state index in [0.29, 0.717) is 6.79 Å². The van der Waals surface area contributed by atoms with E-state index in [0.717, 1.165) is 49.4 Å². The third-order valence-corrected chi connectivity index (χ3v) is 5.44. The molecule has 0 aliphatic carbocycles. The van der Waals surface area contributed by atoms with Gasteiger partial charge >= 0.3 is 0 Å². The number of nitrogens with zero attached hydrogens (tertiary/aromatic N) is 2. The maximum atomic E-state index is 5.63. The molecule has 5 heteroatoms. The van der Waals surface area contributed by atoms with Gasteiger partial charge in [0.1, 0.15) is 0 Å². The van der Waals surface area contributed by atoms with Gasteiger partial charge in [-0.25, -0.2) is 4.98 Å². The van der Waals surface area contributed by atoms with E-state index >= 15 is 0 Å². The molecule has 2 aliphatic heterocycles. The van der Waals surface area contributed by atoms with Crippen molar-refractivity contribution in [1.82, 2.24) is 9.88 Å². The molecule has 3 heterocycles. The zero-order valence-electron chi connectivity index (χ0n) is 15.3. The Labute approximate surface area is 154 Å². The number of benzene rings is 1. The second kappa shape index (κ2) is 7.96. The van der Waals surface area contributed by atoms with E-state index in [1.54, 1.807) is 13.3 Å². The molecule has 1 fully saturated rings. The van der Waals surface area contributed by atoms with Crippen LogP contribution >= 0.6 is 0 Å². The summed E-state index contributed by atoms with van der Waals surface area (Å²) in [5.41, 5.74) is 2.45. The van der Waals surface area contributed by atoms with E-state index in [2.05, 4.69) is 28.1 Å². The summed E-state index contributed by atoms with van der Waals surface area (Å²) in [5.74, 6) is 3.37. The molecule has 0 amide bonds. The Hall–Kier alpha value is -2.27. The molecule has 1 aromatic heterocycles. The first-order chi connectivity index (χ1) is 12.8. The van der Waals surface area contributed by atoms with Gasteiger partial charge in [0, 0.05) is 18.3 Å². The number of likely N-dealkylation sites (tertiary alicyclic amines) is 1. The van der Waals surface area contributed by atoms with Gasteiger partial charge in [0.15, 0.2) is 11.5 Å². The van der Waals surface area contributed by atoms with Crippen LogP contribution in [-0.4, -0.2) is 36.9 Å². The zero-order valence-corrected chi connectivity index (χ0v) is 15.3. The minimum absolute atomic E-state index is 0.350. The number of rotatable bonds is 6. The third-order valence-electron chi connectivity index (χ3n) is 5.44. The molecule has 0 atom stereocenters. The molecule has 0 saturated carbocycles. The first kappa shape index (κ1) is 17.2. The monoisotopic (exact) mass is 354 g/mol. The summed E-state index contributed by atoms with van der Waals surface area (Å²) in [6, 6.07) is 10.3. The lowest BCUT2D eigenvalue weighted by Gasteiger charge is -2.32. The van der Waals surface area contributed by atoms with Gasteiger partial charge in [-0.15, -0.1) is 0 Å². The normalized spacial score (nSPS) is 17.4. The SMILES string of the molecule is COc1ncccc1CN1CCC(CCc2cccc3c2OCO3)CC1. The smallest absolute Gasteiger partial charge is 0.231 e. The minimum Gasteiger partial charge on any atom is -0.481 e. The van der Waals surface area contributed by atoms with Gasteiger partial charge in [0.05, 0.1) is 7.11 Å². The molecule has 0 unspecified atom stereocenters. The number of pyridine rings is 1. The number of hydrogen-bond donors (Lipinski definition) is 0. The fourth-order valence-electron chi connectivity index (χ4n) is 3.95. The van der Waals surface area contributed by atoms with Crippen LogP contribution < -0.4 is 14.2 Å². The molecule has 5 nitrogen and oxygen atoms in total. The van der Waals surface area contributed by atoms with Gasteiger partial charge in [0.2, 0.25) is 12.7 Å². The first-order valence-electron chi connectivity index (χ1n) is 9.41. The van der Waals surface area contributed by atoms with Crippen LogP contribution in [-0.2, 0) is 13.0 Å². The number of hydrogen-bond acceptors (Lipinski definition) is 5. The topological polar surface area (TPSA) is 43.8 Å². The summed E-state index contributed by atoms with van der Waals surface area (Å²) in [6.45, 7) is 3.54. The molecule has 0 N–H and O–H groups in total. The van der Waals surface area contributed by atoms with Crippen molar-refractivity contribution in [3.63, 3.8) is 0 Å². The number of fused-ring (bicyclic) bond motifs is 1. The van der Waals surface area contributed by atoms with Gasteiger partial charge in [-0.3, -0.25) is 4.90 Å². The number of methoxy groups -OCH3 is 1. The van der Waals surface area contributed by atoms with Crippen molar-refractivity contribution in [3.8, 4) is 17.4 Å². The average Bonchev–Trinajstić information content (AvgIpc) is 3.17. The fraction of sp³-hybridized carbons (Fsp3) is 0.476. The van der Waals surface area contributed by atoms with E-state index in [1.807, 2.05) is 12.1 Å². The molecule has 0 spiro atoms. The molecule has 1 aromatic carbocycles. The largest absolute Gasteiger partial charge is 0.481 e. The maximum absolute atomic E-state index is 5.63. The molecule has 26 heavy (non-hydrogen) atoms. The summed E-state index contributed by atoms with van der Waals surface area (Å²) in [6.07, 6.45) is 6.55.